The predicted octanol–water partition coefficient (Wildman–Crippen LogP) is 2.18. The van der Waals surface area contributed by atoms with Gasteiger partial charge in [-0.25, -0.2) is 9.97 Å². The quantitative estimate of drug-likeness (QED) is 0.674. The van der Waals surface area contributed by atoms with Crippen LogP contribution in [0.3, 0.4) is 0 Å². The van der Waals surface area contributed by atoms with Gasteiger partial charge in [0, 0.05) is 30.6 Å². The topological polar surface area (TPSA) is 97.7 Å². The highest BCUT2D eigenvalue weighted by molar-refractivity contribution is 5.76. The molecule has 0 saturated carbocycles. The first-order valence-electron chi connectivity index (χ1n) is 9.85. The molecule has 29 heavy (non-hydrogen) atoms. The molecule has 0 bridgehead atoms. The minimum atomic E-state index is -0.934. The molecule has 2 heterocycles. The minimum Gasteiger partial charge on any atom is -0.490 e. The fraction of sp³-hybridized carbons (Fsp3) is 0.524. The van der Waals surface area contributed by atoms with Crippen LogP contribution in [0.15, 0.2) is 18.3 Å². The summed E-state index contributed by atoms with van der Waals surface area (Å²) in [4.78, 5) is 27.6. The van der Waals surface area contributed by atoms with Crippen LogP contribution in [0.2, 0.25) is 0 Å². The number of esters is 1. The fourth-order valence-corrected chi connectivity index (χ4v) is 3.20. The third-order valence-corrected chi connectivity index (χ3v) is 4.50. The van der Waals surface area contributed by atoms with Crippen LogP contribution >= 0.6 is 0 Å². The number of ether oxygens (including phenoxy) is 2. The first-order valence-corrected chi connectivity index (χ1v) is 9.85. The lowest BCUT2D eigenvalue weighted by Gasteiger charge is -2.21. The number of carbonyl (C=O) groups is 1. The largest absolute Gasteiger partial charge is 0.490 e. The summed E-state index contributed by atoms with van der Waals surface area (Å²) < 4.78 is 10.7. The van der Waals surface area contributed by atoms with Crippen LogP contribution in [-0.4, -0.2) is 58.4 Å². The third-order valence-electron chi connectivity index (χ3n) is 4.50. The van der Waals surface area contributed by atoms with Crippen LogP contribution in [0.4, 0.5) is 5.82 Å². The van der Waals surface area contributed by atoms with Crippen molar-refractivity contribution in [1.29, 1.82) is 0 Å². The summed E-state index contributed by atoms with van der Waals surface area (Å²) in [7, 11) is 1.83. The number of hydrogen-bond donors (Lipinski definition) is 1. The Hall–Kier alpha value is -2.74. The van der Waals surface area contributed by atoms with Gasteiger partial charge in [0.1, 0.15) is 30.4 Å². The van der Waals surface area contributed by atoms with E-state index in [-0.39, 0.29) is 19.1 Å². The second-order valence-corrected chi connectivity index (χ2v) is 7.79. The number of likely N-dealkylation sites (N-methyl/N-ethyl adjacent to an activating group) is 1. The highest BCUT2D eigenvalue weighted by Gasteiger charge is 2.24. The molecule has 2 aromatic heterocycles. The SMILES string of the molecule is CCOC(=O)CN(C)c1nc(-c2cc(OCC(C)(C)O)ccn2)nc2c1CCC2. The van der Waals surface area contributed by atoms with Crippen LogP contribution < -0.4 is 9.64 Å². The number of fused-ring (bicyclic) bond motifs is 1. The average Bonchev–Trinajstić information content (AvgIpc) is 3.14. The maximum absolute atomic E-state index is 11.9. The standard InChI is InChI=1S/C21H28N4O4/c1-5-28-18(26)12-25(4)20-15-7-6-8-16(15)23-19(24-20)17-11-14(9-10-22-17)29-13-21(2,3)27/h9-11,27H,5-8,12-13H2,1-4H3. The molecule has 0 atom stereocenters. The zero-order valence-corrected chi connectivity index (χ0v) is 17.4. The van der Waals surface area contributed by atoms with Gasteiger partial charge in [0.05, 0.1) is 12.2 Å². The number of anilines is 1. The van der Waals surface area contributed by atoms with Crippen molar-refractivity contribution in [3.8, 4) is 17.3 Å². The van der Waals surface area contributed by atoms with Gasteiger partial charge in [-0.2, -0.15) is 0 Å². The Balaban J connectivity index is 1.90. The highest BCUT2D eigenvalue weighted by atomic mass is 16.5. The van der Waals surface area contributed by atoms with Gasteiger partial charge in [0.15, 0.2) is 5.82 Å². The molecule has 156 valence electrons. The van der Waals surface area contributed by atoms with Crippen molar-refractivity contribution in [3.05, 3.63) is 29.6 Å². The first kappa shape index (κ1) is 21.0. The zero-order valence-electron chi connectivity index (χ0n) is 17.4. The van der Waals surface area contributed by atoms with Gasteiger partial charge in [-0.3, -0.25) is 9.78 Å². The molecular weight excluding hydrogens is 372 g/mol. The average molecular weight is 400 g/mol. The number of aryl methyl sites for hydroxylation is 1. The van der Waals surface area contributed by atoms with Gasteiger partial charge in [0.25, 0.3) is 0 Å². The molecule has 1 N–H and O–H groups in total. The minimum absolute atomic E-state index is 0.124. The van der Waals surface area contributed by atoms with E-state index in [1.165, 1.54) is 0 Å². The summed E-state index contributed by atoms with van der Waals surface area (Å²) in [6.45, 7) is 5.79. The molecule has 3 rings (SSSR count). The maximum atomic E-state index is 11.9. The summed E-state index contributed by atoms with van der Waals surface area (Å²) in [6, 6.07) is 3.49. The van der Waals surface area contributed by atoms with E-state index in [0.29, 0.717) is 23.9 Å². The Kier molecular flexibility index (Phi) is 6.32. The Bertz CT molecular complexity index is 879. The summed E-state index contributed by atoms with van der Waals surface area (Å²) >= 11 is 0. The normalized spacial score (nSPS) is 13.1. The monoisotopic (exact) mass is 400 g/mol. The number of nitrogens with zero attached hydrogens (tertiary/aromatic N) is 4. The van der Waals surface area contributed by atoms with E-state index in [1.54, 1.807) is 39.1 Å². The van der Waals surface area contributed by atoms with Gasteiger partial charge >= 0.3 is 5.97 Å². The smallest absolute Gasteiger partial charge is 0.325 e. The van der Waals surface area contributed by atoms with Crippen LogP contribution in [-0.2, 0) is 22.4 Å². The summed E-state index contributed by atoms with van der Waals surface area (Å²) in [5, 5.41) is 9.87. The van der Waals surface area contributed by atoms with Gasteiger partial charge in [0.2, 0.25) is 0 Å². The zero-order chi connectivity index (χ0) is 21.0. The van der Waals surface area contributed by atoms with Gasteiger partial charge in [-0.1, -0.05) is 0 Å². The molecule has 0 aliphatic heterocycles. The van der Waals surface area contributed by atoms with Crippen LogP contribution in [0, 0.1) is 0 Å². The van der Waals surface area contributed by atoms with Gasteiger partial charge in [-0.15, -0.1) is 0 Å². The molecule has 0 unspecified atom stereocenters. The Morgan fingerprint density at radius 3 is 2.83 bits per heavy atom. The number of rotatable bonds is 8. The number of aromatic nitrogens is 3. The molecule has 0 aromatic carbocycles. The van der Waals surface area contributed by atoms with E-state index in [9.17, 15) is 9.90 Å². The molecule has 0 spiro atoms. The lowest BCUT2D eigenvalue weighted by atomic mass is 10.2. The van der Waals surface area contributed by atoms with Crippen molar-refractivity contribution in [2.75, 3.05) is 31.7 Å². The van der Waals surface area contributed by atoms with E-state index in [2.05, 4.69) is 4.98 Å². The molecule has 2 aromatic rings. The molecule has 0 radical (unpaired) electrons. The predicted molar refractivity (Wildman–Crippen MR) is 109 cm³/mol. The van der Waals surface area contributed by atoms with Crippen molar-refractivity contribution in [2.24, 2.45) is 0 Å². The summed E-state index contributed by atoms with van der Waals surface area (Å²) in [5.74, 6) is 1.52. The summed E-state index contributed by atoms with van der Waals surface area (Å²) in [6.07, 6.45) is 4.41. The number of aliphatic hydroxyl groups is 1. The van der Waals surface area contributed by atoms with Gasteiger partial charge < -0.3 is 19.5 Å². The Morgan fingerprint density at radius 1 is 1.31 bits per heavy atom. The molecule has 1 aliphatic rings. The Labute approximate surface area is 170 Å². The van der Waals surface area contributed by atoms with Crippen molar-refractivity contribution < 1.29 is 19.4 Å². The second-order valence-electron chi connectivity index (χ2n) is 7.79. The highest BCUT2D eigenvalue weighted by Crippen LogP contribution is 2.31. The van der Waals surface area contributed by atoms with Gasteiger partial charge in [-0.05, 0) is 46.1 Å². The van der Waals surface area contributed by atoms with E-state index in [4.69, 9.17) is 19.4 Å². The maximum Gasteiger partial charge on any atom is 0.325 e. The molecule has 8 heteroatoms. The van der Waals surface area contributed by atoms with Crippen molar-refractivity contribution in [1.82, 2.24) is 15.0 Å². The molecule has 0 fully saturated rings. The molecular formula is C21H28N4O4. The van der Waals surface area contributed by atoms with Crippen molar-refractivity contribution in [3.63, 3.8) is 0 Å². The van der Waals surface area contributed by atoms with E-state index >= 15 is 0 Å². The number of carbonyl (C=O) groups excluding carboxylic acids is 1. The molecule has 0 amide bonds. The summed E-state index contributed by atoms with van der Waals surface area (Å²) in [5.41, 5.74) is 1.72. The first-order chi connectivity index (χ1) is 13.8. The van der Waals surface area contributed by atoms with E-state index in [0.717, 1.165) is 36.3 Å². The van der Waals surface area contributed by atoms with Crippen molar-refractivity contribution >= 4 is 11.8 Å². The lowest BCUT2D eigenvalue weighted by molar-refractivity contribution is -0.141. The third kappa shape index (κ3) is 5.41. The molecule has 8 nitrogen and oxygen atoms in total. The lowest BCUT2D eigenvalue weighted by Crippen LogP contribution is -2.29. The van der Waals surface area contributed by atoms with E-state index in [1.807, 2.05) is 11.9 Å². The fourth-order valence-electron chi connectivity index (χ4n) is 3.20. The van der Waals surface area contributed by atoms with Crippen molar-refractivity contribution in [2.45, 2.75) is 45.6 Å². The van der Waals surface area contributed by atoms with Crippen LogP contribution in [0.25, 0.3) is 11.5 Å². The van der Waals surface area contributed by atoms with Crippen LogP contribution in [0.5, 0.6) is 5.75 Å². The second kappa shape index (κ2) is 8.73. The number of pyridine rings is 1. The Morgan fingerprint density at radius 2 is 2.10 bits per heavy atom. The van der Waals surface area contributed by atoms with E-state index < -0.39 is 5.60 Å². The number of hydrogen-bond acceptors (Lipinski definition) is 8. The molecule has 1 aliphatic carbocycles. The molecule has 0 saturated heterocycles. The van der Waals surface area contributed by atoms with Crippen LogP contribution in [0.1, 0.15) is 38.4 Å².